The number of halogens is 1. The van der Waals surface area contributed by atoms with E-state index in [1.807, 2.05) is 24.3 Å². The van der Waals surface area contributed by atoms with Crippen molar-refractivity contribution < 1.29 is 9.47 Å². The Morgan fingerprint density at radius 2 is 1.79 bits per heavy atom. The number of allylic oxidation sites excluding steroid dienone is 2. The van der Waals surface area contributed by atoms with Crippen molar-refractivity contribution in [3.8, 4) is 29.7 Å². The summed E-state index contributed by atoms with van der Waals surface area (Å²) in [4.78, 5) is 0. The highest BCUT2D eigenvalue weighted by atomic mass is 35.5. The van der Waals surface area contributed by atoms with Crippen LogP contribution in [-0.2, 0) is 6.61 Å². The standard InChI is InChI=1S/C21H15ClN4O2/c1-27-20-9-14(8-16(10-23)21(26)17(11-24)12-25)6-7-19(20)28-13-15-4-2-3-5-18(15)22/h2-9H,13,26H2,1H3/b16-8+. The molecule has 0 fully saturated rings. The van der Waals surface area contributed by atoms with Crippen LogP contribution in [-0.4, -0.2) is 7.11 Å². The highest BCUT2D eigenvalue weighted by molar-refractivity contribution is 6.31. The number of rotatable bonds is 6. The molecule has 0 spiro atoms. The van der Waals surface area contributed by atoms with Gasteiger partial charge in [0.05, 0.1) is 18.4 Å². The summed E-state index contributed by atoms with van der Waals surface area (Å²) in [5.41, 5.74) is 6.68. The molecule has 0 amide bonds. The number of methoxy groups -OCH3 is 1. The first-order chi connectivity index (χ1) is 13.5. The smallest absolute Gasteiger partial charge is 0.161 e. The summed E-state index contributed by atoms with van der Waals surface area (Å²) in [7, 11) is 1.49. The number of nitriles is 3. The van der Waals surface area contributed by atoms with Crippen LogP contribution in [0.2, 0.25) is 5.02 Å². The van der Waals surface area contributed by atoms with E-state index in [0.717, 1.165) is 5.56 Å². The molecule has 0 bridgehead atoms. The maximum atomic E-state index is 9.30. The van der Waals surface area contributed by atoms with Crippen LogP contribution in [0.1, 0.15) is 11.1 Å². The van der Waals surface area contributed by atoms with Crippen LogP contribution >= 0.6 is 11.6 Å². The minimum atomic E-state index is -0.320. The first kappa shape index (κ1) is 20.4. The molecule has 0 atom stereocenters. The van der Waals surface area contributed by atoms with Gasteiger partial charge in [-0.1, -0.05) is 35.9 Å². The molecule has 2 aromatic rings. The Labute approximate surface area is 167 Å². The van der Waals surface area contributed by atoms with Gasteiger partial charge in [0.15, 0.2) is 17.1 Å². The van der Waals surface area contributed by atoms with Gasteiger partial charge in [-0.3, -0.25) is 0 Å². The fraction of sp³-hybridized carbons (Fsp3) is 0.0952. The van der Waals surface area contributed by atoms with E-state index >= 15 is 0 Å². The van der Waals surface area contributed by atoms with E-state index in [2.05, 4.69) is 0 Å². The van der Waals surface area contributed by atoms with Gasteiger partial charge >= 0.3 is 0 Å². The monoisotopic (exact) mass is 390 g/mol. The Bertz CT molecular complexity index is 1050. The number of hydrogen-bond acceptors (Lipinski definition) is 6. The molecule has 0 radical (unpaired) electrons. The maximum absolute atomic E-state index is 9.30. The lowest BCUT2D eigenvalue weighted by Gasteiger charge is -2.12. The van der Waals surface area contributed by atoms with Crippen LogP contribution in [0.25, 0.3) is 6.08 Å². The molecule has 0 unspecified atom stereocenters. The minimum absolute atomic E-state index is 0.00453. The van der Waals surface area contributed by atoms with Gasteiger partial charge in [-0.05, 0) is 29.8 Å². The molecule has 0 aliphatic rings. The van der Waals surface area contributed by atoms with Gasteiger partial charge in [0.2, 0.25) is 0 Å². The fourth-order valence-electron chi connectivity index (χ4n) is 2.28. The normalized spacial score (nSPS) is 10.2. The minimum Gasteiger partial charge on any atom is -0.493 e. The molecule has 0 aromatic heterocycles. The number of benzene rings is 2. The zero-order valence-electron chi connectivity index (χ0n) is 14.9. The number of hydrogen-bond donors (Lipinski definition) is 1. The van der Waals surface area contributed by atoms with Gasteiger partial charge in [0, 0.05) is 10.6 Å². The third-order valence-corrected chi connectivity index (χ3v) is 4.11. The molecule has 0 aliphatic heterocycles. The Morgan fingerprint density at radius 1 is 1.07 bits per heavy atom. The zero-order valence-corrected chi connectivity index (χ0v) is 15.7. The third-order valence-electron chi connectivity index (χ3n) is 3.74. The Morgan fingerprint density at radius 3 is 2.39 bits per heavy atom. The second kappa shape index (κ2) is 9.69. The van der Waals surface area contributed by atoms with E-state index in [4.69, 9.17) is 37.3 Å². The summed E-state index contributed by atoms with van der Waals surface area (Å²) in [6.45, 7) is 0.262. The van der Waals surface area contributed by atoms with E-state index in [9.17, 15) is 5.26 Å². The van der Waals surface area contributed by atoms with E-state index in [-0.39, 0.29) is 23.5 Å². The van der Waals surface area contributed by atoms with Crippen LogP contribution in [0.5, 0.6) is 11.5 Å². The molecule has 0 heterocycles. The molecule has 2 aromatic carbocycles. The predicted octanol–water partition coefficient (Wildman–Crippen LogP) is 4.09. The van der Waals surface area contributed by atoms with Crippen molar-refractivity contribution in [1.29, 1.82) is 15.8 Å². The van der Waals surface area contributed by atoms with Gasteiger partial charge in [0.25, 0.3) is 0 Å². The molecule has 138 valence electrons. The second-order valence-electron chi connectivity index (χ2n) is 5.47. The molecule has 2 N–H and O–H groups in total. The molecule has 0 saturated heterocycles. The van der Waals surface area contributed by atoms with Gasteiger partial charge in [0.1, 0.15) is 24.8 Å². The van der Waals surface area contributed by atoms with Crippen molar-refractivity contribution in [2.75, 3.05) is 7.11 Å². The highest BCUT2D eigenvalue weighted by Gasteiger charge is 2.10. The molecule has 7 heteroatoms. The molecule has 6 nitrogen and oxygen atoms in total. The van der Waals surface area contributed by atoms with E-state index < -0.39 is 0 Å². The Balaban J connectivity index is 2.31. The van der Waals surface area contributed by atoms with E-state index in [1.165, 1.54) is 13.2 Å². The number of ether oxygens (including phenoxy) is 2. The maximum Gasteiger partial charge on any atom is 0.161 e. The van der Waals surface area contributed by atoms with Crippen molar-refractivity contribution in [1.82, 2.24) is 0 Å². The summed E-state index contributed by atoms with van der Waals surface area (Å²) in [5.74, 6) is 0.942. The quantitative estimate of drug-likeness (QED) is 0.586. The number of nitrogens with zero attached hydrogens (tertiary/aromatic N) is 3. The molecular formula is C21H15ClN4O2. The van der Waals surface area contributed by atoms with E-state index in [0.29, 0.717) is 22.1 Å². The lowest BCUT2D eigenvalue weighted by Crippen LogP contribution is -2.03. The highest BCUT2D eigenvalue weighted by Crippen LogP contribution is 2.30. The van der Waals surface area contributed by atoms with Crippen molar-refractivity contribution in [2.24, 2.45) is 5.73 Å². The molecular weight excluding hydrogens is 376 g/mol. The topological polar surface area (TPSA) is 116 Å². The van der Waals surface area contributed by atoms with Crippen molar-refractivity contribution in [3.05, 3.63) is 75.5 Å². The zero-order chi connectivity index (χ0) is 20.5. The van der Waals surface area contributed by atoms with Crippen LogP contribution in [0.3, 0.4) is 0 Å². The summed E-state index contributed by atoms with van der Waals surface area (Å²) in [5, 5.41) is 27.7. The van der Waals surface area contributed by atoms with Gasteiger partial charge in [-0.2, -0.15) is 15.8 Å². The van der Waals surface area contributed by atoms with Gasteiger partial charge in [-0.25, -0.2) is 0 Å². The molecule has 0 saturated carbocycles. The van der Waals surface area contributed by atoms with Crippen LogP contribution in [0, 0.1) is 34.0 Å². The van der Waals surface area contributed by atoms with Gasteiger partial charge < -0.3 is 15.2 Å². The number of nitrogens with two attached hydrogens (primary N) is 1. The first-order valence-corrected chi connectivity index (χ1v) is 8.38. The molecule has 2 rings (SSSR count). The summed E-state index contributed by atoms with van der Waals surface area (Å²) in [6.07, 6.45) is 1.46. The Hall–Kier alpha value is -3.92. The second-order valence-corrected chi connectivity index (χ2v) is 5.88. The lowest BCUT2D eigenvalue weighted by atomic mass is 10.1. The largest absolute Gasteiger partial charge is 0.493 e. The summed E-state index contributed by atoms with van der Waals surface area (Å²) >= 11 is 6.13. The SMILES string of the molecule is COc1cc(/C=C(\C#N)C(N)=C(C#N)C#N)ccc1OCc1ccccc1Cl. The third kappa shape index (κ3) is 4.83. The first-order valence-electron chi connectivity index (χ1n) is 8.00. The van der Waals surface area contributed by atoms with Crippen LogP contribution < -0.4 is 15.2 Å². The van der Waals surface area contributed by atoms with Crippen LogP contribution in [0.15, 0.2) is 59.3 Å². The molecule has 0 aliphatic carbocycles. The summed E-state index contributed by atoms with van der Waals surface area (Å²) < 4.78 is 11.1. The Kier molecular flexibility index (Phi) is 7.06. The van der Waals surface area contributed by atoms with E-state index in [1.54, 1.807) is 36.4 Å². The fourth-order valence-corrected chi connectivity index (χ4v) is 2.47. The van der Waals surface area contributed by atoms with Crippen molar-refractivity contribution in [3.63, 3.8) is 0 Å². The lowest BCUT2D eigenvalue weighted by molar-refractivity contribution is 0.284. The van der Waals surface area contributed by atoms with Gasteiger partial charge in [-0.15, -0.1) is 0 Å². The van der Waals surface area contributed by atoms with Crippen molar-refractivity contribution >= 4 is 17.7 Å². The average Bonchev–Trinajstić information content (AvgIpc) is 2.72. The summed E-state index contributed by atoms with van der Waals surface area (Å²) in [6, 6.07) is 17.6. The van der Waals surface area contributed by atoms with Crippen molar-refractivity contribution in [2.45, 2.75) is 6.61 Å². The molecule has 28 heavy (non-hydrogen) atoms. The predicted molar refractivity (Wildman–Crippen MR) is 105 cm³/mol. The van der Waals surface area contributed by atoms with Crippen LogP contribution in [0.4, 0.5) is 0 Å². The average molecular weight is 391 g/mol.